The van der Waals surface area contributed by atoms with Crippen LogP contribution >= 0.6 is 0 Å². The summed E-state index contributed by atoms with van der Waals surface area (Å²) in [4.78, 5) is 0. The Hall–Kier alpha value is -0.890. The van der Waals surface area contributed by atoms with Gasteiger partial charge < -0.3 is 5.32 Å². The molecule has 4 aliphatic rings. The molecule has 1 nitrogen and oxygen atoms in total. The molecule has 6 unspecified atom stereocenters. The molecule has 1 aromatic carbocycles. The fourth-order valence-electron chi connectivity index (χ4n) is 6.30. The van der Waals surface area contributed by atoms with Gasteiger partial charge in [-0.05, 0) is 79.4 Å². The van der Waals surface area contributed by atoms with E-state index in [4.69, 9.17) is 0 Å². The Balaban J connectivity index is 1.35. The predicted molar refractivity (Wildman–Crippen MR) is 81.4 cm³/mol. The Morgan fingerprint density at radius 1 is 1.00 bits per heavy atom. The lowest BCUT2D eigenvalue weighted by atomic mass is 9.79. The molecule has 6 atom stereocenters. The summed E-state index contributed by atoms with van der Waals surface area (Å²) < 4.78 is 13.9. The molecule has 0 amide bonds. The van der Waals surface area contributed by atoms with Gasteiger partial charge in [-0.25, -0.2) is 4.39 Å². The number of hydrogen-bond acceptors (Lipinski definition) is 1. The lowest BCUT2D eigenvalue weighted by Crippen LogP contribution is -2.40. The summed E-state index contributed by atoms with van der Waals surface area (Å²) in [7, 11) is 0. The molecule has 21 heavy (non-hydrogen) atoms. The van der Waals surface area contributed by atoms with Crippen molar-refractivity contribution in [1.82, 2.24) is 5.32 Å². The first kappa shape index (κ1) is 12.6. The smallest absolute Gasteiger partial charge is 0.126 e. The summed E-state index contributed by atoms with van der Waals surface area (Å²) >= 11 is 0. The van der Waals surface area contributed by atoms with Gasteiger partial charge in [0.15, 0.2) is 0 Å². The van der Waals surface area contributed by atoms with Crippen LogP contribution in [0.15, 0.2) is 18.2 Å². The van der Waals surface area contributed by atoms with Crippen LogP contribution in [0.4, 0.5) is 4.39 Å². The first-order valence-electron chi connectivity index (χ1n) is 8.84. The monoisotopic (exact) mass is 285 g/mol. The molecule has 0 aromatic heterocycles. The third-order valence-corrected chi connectivity index (χ3v) is 7.06. The van der Waals surface area contributed by atoms with Gasteiger partial charge in [0.25, 0.3) is 0 Å². The number of rotatable bonds is 2. The Morgan fingerprint density at radius 2 is 1.90 bits per heavy atom. The summed E-state index contributed by atoms with van der Waals surface area (Å²) in [6.07, 6.45) is 9.27. The van der Waals surface area contributed by atoms with Crippen LogP contribution in [0, 0.1) is 29.5 Å². The van der Waals surface area contributed by atoms with Crippen LogP contribution in [0.5, 0.6) is 0 Å². The van der Waals surface area contributed by atoms with Crippen molar-refractivity contribution in [3.63, 3.8) is 0 Å². The van der Waals surface area contributed by atoms with Crippen molar-refractivity contribution < 1.29 is 4.39 Å². The van der Waals surface area contributed by atoms with Crippen LogP contribution in [0.2, 0.25) is 0 Å². The van der Waals surface area contributed by atoms with Gasteiger partial charge in [0.05, 0.1) is 0 Å². The summed E-state index contributed by atoms with van der Waals surface area (Å²) in [5, 5.41) is 3.94. The SMILES string of the molecule is Fc1cccc2c1CCC2NC1CC2CC1C1CCCC21. The Labute approximate surface area is 126 Å². The standard InChI is InChI=1S/C19H24FN/c20-17-6-2-5-15-14(17)7-8-18(15)21-19-10-11-9-16(19)13-4-1-3-12(11)13/h2,5-6,11-13,16,18-19,21H,1,3-4,7-10H2. The number of nitrogens with one attached hydrogen (secondary N) is 1. The second-order valence-electron chi connectivity index (χ2n) is 7.83. The van der Waals surface area contributed by atoms with Crippen molar-refractivity contribution in [2.24, 2.45) is 23.7 Å². The van der Waals surface area contributed by atoms with Crippen molar-refractivity contribution in [1.29, 1.82) is 0 Å². The summed E-state index contributed by atoms with van der Waals surface area (Å²) in [6.45, 7) is 0. The van der Waals surface area contributed by atoms with Gasteiger partial charge in [0, 0.05) is 12.1 Å². The Kier molecular flexibility index (Phi) is 2.74. The fraction of sp³-hybridized carbons (Fsp3) is 0.684. The lowest BCUT2D eigenvalue weighted by Gasteiger charge is -2.34. The Bertz CT molecular complexity index is 569. The first-order valence-corrected chi connectivity index (χ1v) is 8.84. The quantitative estimate of drug-likeness (QED) is 0.857. The molecule has 4 aliphatic carbocycles. The van der Waals surface area contributed by atoms with E-state index in [-0.39, 0.29) is 5.82 Å². The number of benzene rings is 1. The third kappa shape index (κ3) is 1.78. The van der Waals surface area contributed by atoms with Crippen molar-refractivity contribution in [2.75, 3.05) is 0 Å². The van der Waals surface area contributed by atoms with E-state index in [1.807, 2.05) is 6.07 Å². The van der Waals surface area contributed by atoms with Gasteiger partial charge in [0.2, 0.25) is 0 Å². The van der Waals surface area contributed by atoms with E-state index in [0.29, 0.717) is 12.1 Å². The molecule has 112 valence electrons. The maximum absolute atomic E-state index is 13.9. The van der Waals surface area contributed by atoms with E-state index in [1.54, 1.807) is 6.07 Å². The molecule has 0 aliphatic heterocycles. The zero-order valence-corrected chi connectivity index (χ0v) is 12.5. The second-order valence-corrected chi connectivity index (χ2v) is 7.83. The van der Waals surface area contributed by atoms with E-state index in [9.17, 15) is 4.39 Å². The average molecular weight is 285 g/mol. The highest BCUT2D eigenvalue weighted by Gasteiger charge is 2.54. The number of fused-ring (bicyclic) bond motifs is 6. The topological polar surface area (TPSA) is 12.0 Å². The van der Waals surface area contributed by atoms with Crippen LogP contribution in [-0.4, -0.2) is 6.04 Å². The molecule has 2 bridgehead atoms. The molecule has 0 radical (unpaired) electrons. The molecule has 5 rings (SSSR count). The summed E-state index contributed by atoms with van der Waals surface area (Å²) in [6, 6.07) is 6.73. The minimum Gasteiger partial charge on any atom is -0.307 e. The lowest BCUT2D eigenvalue weighted by molar-refractivity contribution is 0.197. The molecule has 2 heteroatoms. The molecule has 0 saturated heterocycles. The number of hydrogen-bond donors (Lipinski definition) is 1. The van der Waals surface area contributed by atoms with Crippen molar-refractivity contribution in [3.05, 3.63) is 35.1 Å². The van der Waals surface area contributed by atoms with Crippen molar-refractivity contribution in [3.8, 4) is 0 Å². The molecule has 3 fully saturated rings. The highest BCUT2D eigenvalue weighted by Crippen LogP contribution is 2.59. The van der Waals surface area contributed by atoms with E-state index in [2.05, 4.69) is 11.4 Å². The number of halogens is 1. The fourth-order valence-corrected chi connectivity index (χ4v) is 6.30. The highest BCUT2D eigenvalue weighted by atomic mass is 19.1. The van der Waals surface area contributed by atoms with Gasteiger partial charge in [-0.15, -0.1) is 0 Å². The van der Waals surface area contributed by atoms with Gasteiger partial charge >= 0.3 is 0 Å². The van der Waals surface area contributed by atoms with E-state index < -0.39 is 0 Å². The molecule has 1 aromatic rings. The maximum Gasteiger partial charge on any atom is 0.126 e. The van der Waals surface area contributed by atoms with Crippen LogP contribution in [0.3, 0.4) is 0 Å². The Morgan fingerprint density at radius 3 is 2.86 bits per heavy atom. The molecular weight excluding hydrogens is 261 g/mol. The molecule has 0 heterocycles. The van der Waals surface area contributed by atoms with Gasteiger partial charge in [-0.1, -0.05) is 18.6 Å². The summed E-state index contributed by atoms with van der Waals surface area (Å²) in [5.41, 5.74) is 2.21. The minimum atomic E-state index is 0.000555. The van der Waals surface area contributed by atoms with E-state index in [0.717, 1.165) is 42.1 Å². The summed E-state index contributed by atoms with van der Waals surface area (Å²) in [5.74, 6) is 3.98. The third-order valence-electron chi connectivity index (χ3n) is 7.06. The second kappa shape index (κ2) is 4.55. The van der Waals surface area contributed by atoms with E-state index >= 15 is 0 Å². The van der Waals surface area contributed by atoms with Gasteiger partial charge in [-0.2, -0.15) is 0 Å². The van der Waals surface area contributed by atoms with Gasteiger partial charge in [-0.3, -0.25) is 0 Å². The molecule has 3 saturated carbocycles. The normalized spacial score (nSPS) is 43.3. The first-order chi connectivity index (χ1) is 10.3. The van der Waals surface area contributed by atoms with E-state index in [1.165, 1.54) is 37.7 Å². The maximum atomic E-state index is 13.9. The van der Waals surface area contributed by atoms with Crippen molar-refractivity contribution in [2.45, 2.75) is 57.0 Å². The van der Waals surface area contributed by atoms with Crippen LogP contribution < -0.4 is 5.32 Å². The highest BCUT2D eigenvalue weighted by molar-refractivity contribution is 5.35. The van der Waals surface area contributed by atoms with Crippen LogP contribution in [0.25, 0.3) is 0 Å². The average Bonchev–Trinajstić information content (AvgIpc) is 3.19. The zero-order chi connectivity index (χ0) is 14.0. The van der Waals surface area contributed by atoms with Crippen LogP contribution in [0.1, 0.15) is 55.7 Å². The van der Waals surface area contributed by atoms with Gasteiger partial charge in [0.1, 0.15) is 5.82 Å². The minimum absolute atomic E-state index is 0.000555. The van der Waals surface area contributed by atoms with Crippen LogP contribution in [-0.2, 0) is 6.42 Å². The molecule has 1 N–H and O–H groups in total. The molecule has 0 spiro atoms. The van der Waals surface area contributed by atoms with Crippen molar-refractivity contribution >= 4 is 0 Å². The zero-order valence-electron chi connectivity index (χ0n) is 12.5. The molecular formula is C19H24FN. The largest absolute Gasteiger partial charge is 0.307 e. The predicted octanol–water partition coefficient (Wildman–Crippen LogP) is 4.23.